The highest BCUT2D eigenvalue weighted by atomic mass is 79.9. The minimum atomic E-state index is -0.336. The zero-order valence-electron chi connectivity index (χ0n) is 15.0. The van der Waals surface area contributed by atoms with E-state index < -0.39 is 0 Å². The van der Waals surface area contributed by atoms with Crippen LogP contribution in [0.5, 0.6) is 5.88 Å². The molecule has 150 valence electrons. The van der Waals surface area contributed by atoms with Crippen LogP contribution in [0.15, 0.2) is 27.7 Å². The molecule has 2 aromatic rings. The first kappa shape index (κ1) is 19.9. The summed E-state index contributed by atoms with van der Waals surface area (Å²) in [5, 5.41) is 5.01. The van der Waals surface area contributed by atoms with Gasteiger partial charge in [0.2, 0.25) is 5.88 Å². The van der Waals surface area contributed by atoms with Crippen molar-refractivity contribution < 1.29 is 9.47 Å². The van der Waals surface area contributed by atoms with E-state index in [1.165, 1.54) is 4.68 Å². The van der Waals surface area contributed by atoms with Crippen molar-refractivity contribution in [3.05, 3.63) is 43.3 Å². The van der Waals surface area contributed by atoms with Gasteiger partial charge in [0.15, 0.2) is 6.23 Å². The van der Waals surface area contributed by atoms with Gasteiger partial charge < -0.3 is 14.4 Å². The van der Waals surface area contributed by atoms with Crippen molar-refractivity contribution in [1.82, 2.24) is 14.8 Å². The maximum Gasteiger partial charge on any atom is 0.290 e. The molecule has 2 aromatic heterocycles. The molecular formula is C18H19BrCl2N4O3. The molecule has 28 heavy (non-hydrogen) atoms. The van der Waals surface area contributed by atoms with Gasteiger partial charge in [-0.25, -0.2) is 4.98 Å². The third-order valence-electron chi connectivity index (χ3n) is 4.91. The standard InChI is InChI=1S/C18H19BrCl2N4O3/c19-12-7-15(22-8-13(12)20)28-11-4-5-24(10-11)14-9-23-25(18(26)17(14)21)16-3-1-2-6-27-16/h7-9,11,16H,1-6,10H2. The van der Waals surface area contributed by atoms with E-state index in [9.17, 15) is 4.79 Å². The lowest BCUT2D eigenvalue weighted by Gasteiger charge is -2.25. The van der Waals surface area contributed by atoms with Gasteiger partial charge in [0.05, 0.1) is 29.6 Å². The minimum Gasteiger partial charge on any atom is -0.472 e. The predicted octanol–water partition coefficient (Wildman–Crippen LogP) is 4.06. The quantitative estimate of drug-likeness (QED) is 0.644. The predicted molar refractivity (Wildman–Crippen MR) is 111 cm³/mol. The number of hydrogen-bond acceptors (Lipinski definition) is 6. The summed E-state index contributed by atoms with van der Waals surface area (Å²) >= 11 is 15.7. The van der Waals surface area contributed by atoms with Crippen molar-refractivity contribution in [3.63, 3.8) is 0 Å². The molecule has 4 heterocycles. The van der Waals surface area contributed by atoms with E-state index in [-0.39, 0.29) is 22.9 Å². The number of anilines is 1. The molecule has 4 rings (SSSR count). The third kappa shape index (κ3) is 4.15. The second kappa shape index (κ2) is 8.57. The number of ether oxygens (including phenoxy) is 2. The lowest BCUT2D eigenvalue weighted by atomic mass is 10.2. The second-order valence-electron chi connectivity index (χ2n) is 6.83. The Hall–Kier alpha value is -1.35. The van der Waals surface area contributed by atoms with Crippen LogP contribution in [0.1, 0.15) is 31.9 Å². The van der Waals surface area contributed by atoms with Gasteiger partial charge in [-0.2, -0.15) is 9.78 Å². The summed E-state index contributed by atoms with van der Waals surface area (Å²) in [4.78, 5) is 18.9. The van der Waals surface area contributed by atoms with Crippen LogP contribution in [0.2, 0.25) is 10.0 Å². The topological polar surface area (TPSA) is 69.5 Å². The molecule has 0 bridgehead atoms. The monoisotopic (exact) mass is 488 g/mol. The second-order valence-corrected chi connectivity index (χ2v) is 8.47. The average molecular weight is 490 g/mol. The number of aromatic nitrogens is 3. The van der Waals surface area contributed by atoms with E-state index in [1.54, 1.807) is 18.5 Å². The molecule has 0 aromatic carbocycles. The summed E-state index contributed by atoms with van der Waals surface area (Å²) in [6.45, 7) is 1.94. The Labute approximate surface area is 180 Å². The van der Waals surface area contributed by atoms with E-state index in [0.717, 1.165) is 30.2 Å². The van der Waals surface area contributed by atoms with Gasteiger partial charge in [0.25, 0.3) is 5.56 Å². The zero-order chi connectivity index (χ0) is 19.7. The Morgan fingerprint density at radius 1 is 1.25 bits per heavy atom. The maximum atomic E-state index is 12.7. The van der Waals surface area contributed by atoms with Crippen molar-refractivity contribution >= 4 is 44.8 Å². The van der Waals surface area contributed by atoms with Gasteiger partial charge in [-0.1, -0.05) is 23.2 Å². The van der Waals surface area contributed by atoms with Crippen LogP contribution in [0.25, 0.3) is 0 Å². The molecule has 2 saturated heterocycles. The Bertz CT molecular complexity index is 920. The molecule has 0 saturated carbocycles. The van der Waals surface area contributed by atoms with Crippen LogP contribution in [0.3, 0.4) is 0 Å². The first-order valence-electron chi connectivity index (χ1n) is 9.14. The lowest BCUT2D eigenvalue weighted by Crippen LogP contribution is -2.33. The normalized spacial score (nSPS) is 22.5. The number of nitrogens with zero attached hydrogens (tertiary/aromatic N) is 4. The molecule has 10 heteroatoms. The molecular weight excluding hydrogens is 471 g/mol. The smallest absolute Gasteiger partial charge is 0.290 e. The summed E-state index contributed by atoms with van der Waals surface area (Å²) in [6, 6.07) is 1.74. The van der Waals surface area contributed by atoms with Gasteiger partial charge >= 0.3 is 0 Å². The van der Waals surface area contributed by atoms with Crippen LogP contribution in [0.4, 0.5) is 5.69 Å². The van der Waals surface area contributed by atoms with Crippen molar-refractivity contribution in [3.8, 4) is 5.88 Å². The molecule has 0 N–H and O–H groups in total. The van der Waals surface area contributed by atoms with E-state index in [4.69, 9.17) is 32.7 Å². The van der Waals surface area contributed by atoms with Crippen LogP contribution < -0.4 is 15.2 Å². The lowest BCUT2D eigenvalue weighted by molar-refractivity contribution is -0.0424. The molecule has 0 aliphatic carbocycles. The van der Waals surface area contributed by atoms with E-state index >= 15 is 0 Å². The maximum absolute atomic E-state index is 12.7. The summed E-state index contributed by atoms with van der Waals surface area (Å²) in [5.41, 5.74) is 0.300. The van der Waals surface area contributed by atoms with Gasteiger partial charge in [0.1, 0.15) is 11.1 Å². The van der Waals surface area contributed by atoms with Crippen LogP contribution in [-0.4, -0.2) is 40.6 Å². The molecule has 0 spiro atoms. The van der Waals surface area contributed by atoms with E-state index in [1.807, 2.05) is 4.90 Å². The minimum absolute atomic E-state index is 0.0687. The number of hydrogen-bond donors (Lipinski definition) is 0. The summed E-state index contributed by atoms with van der Waals surface area (Å²) in [6.07, 6.45) is 6.35. The SMILES string of the molecule is O=c1c(Cl)c(N2CCC(Oc3cc(Br)c(Cl)cn3)C2)cnn1C1CCCCO1. The van der Waals surface area contributed by atoms with Gasteiger partial charge in [0, 0.05) is 30.1 Å². The molecule has 2 atom stereocenters. The first-order valence-corrected chi connectivity index (χ1v) is 10.7. The summed E-state index contributed by atoms with van der Waals surface area (Å²) in [5.74, 6) is 0.497. The Morgan fingerprint density at radius 2 is 2.11 bits per heavy atom. The molecule has 7 nitrogen and oxygen atoms in total. The first-order chi connectivity index (χ1) is 13.5. The van der Waals surface area contributed by atoms with Crippen molar-refractivity contribution in [2.24, 2.45) is 0 Å². The Kier molecular flexibility index (Phi) is 6.10. The molecule has 2 aliphatic heterocycles. The van der Waals surface area contributed by atoms with Crippen LogP contribution >= 0.6 is 39.1 Å². The van der Waals surface area contributed by atoms with Gasteiger partial charge in [-0.3, -0.25) is 4.79 Å². The molecule has 0 radical (unpaired) electrons. The van der Waals surface area contributed by atoms with E-state index in [2.05, 4.69) is 26.0 Å². The number of halogens is 3. The number of pyridine rings is 1. The highest BCUT2D eigenvalue weighted by Crippen LogP contribution is 2.30. The number of rotatable bonds is 4. The van der Waals surface area contributed by atoms with E-state index in [0.29, 0.717) is 36.3 Å². The molecule has 2 aliphatic rings. The highest BCUT2D eigenvalue weighted by molar-refractivity contribution is 9.10. The Balaban J connectivity index is 1.47. The summed E-state index contributed by atoms with van der Waals surface area (Å²) < 4.78 is 13.7. The third-order valence-corrected chi connectivity index (χ3v) is 6.45. The Morgan fingerprint density at radius 3 is 2.86 bits per heavy atom. The fourth-order valence-electron chi connectivity index (χ4n) is 3.45. The van der Waals surface area contributed by atoms with Gasteiger partial charge in [-0.15, -0.1) is 0 Å². The van der Waals surface area contributed by atoms with Crippen molar-refractivity contribution in [2.75, 3.05) is 24.6 Å². The average Bonchev–Trinajstić information content (AvgIpc) is 3.15. The van der Waals surface area contributed by atoms with Crippen molar-refractivity contribution in [1.29, 1.82) is 0 Å². The van der Waals surface area contributed by atoms with Crippen LogP contribution in [-0.2, 0) is 4.74 Å². The highest BCUT2D eigenvalue weighted by Gasteiger charge is 2.28. The molecule has 0 amide bonds. The fourth-order valence-corrected chi connectivity index (χ4v) is 4.11. The van der Waals surface area contributed by atoms with Gasteiger partial charge in [-0.05, 0) is 35.2 Å². The summed E-state index contributed by atoms with van der Waals surface area (Å²) in [7, 11) is 0. The fraction of sp³-hybridized carbons (Fsp3) is 0.500. The van der Waals surface area contributed by atoms with Crippen molar-refractivity contribution in [2.45, 2.75) is 38.0 Å². The zero-order valence-corrected chi connectivity index (χ0v) is 18.1. The molecule has 2 unspecified atom stereocenters. The largest absolute Gasteiger partial charge is 0.472 e. The van der Waals surface area contributed by atoms with Crippen LogP contribution in [0, 0.1) is 0 Å². The molecule has 2 fully saturated rings.